The van der Waals surface area contributed by atoms with Crippen LogP contribution in [0.4, 0.5) is 23.0 Å². The van der Waals surface area contributed by atoms with Gasteiger partial charge >= 0.3 is 0 Å². The highest BCUT2D eigenvalue weighted by atomic mass is 32.1. The molecule has 0 radical (unpaired) electrons. The number of aliphatic hydroxyl groups excluding tert-OH is 1. The number of amides is 6. The number of benzene rings is 2. The third kappa shape index (κ3) is 12.3. The van der Waals surface area contributed by atoms with Gasteiger partial charge in [0, 0.05) is 65.0 Å². The summed E-state index contributed by atoms with van der Waals surface area (Å²) >= 11 is 1.56. The lowest BCUT2D eigenvalue weighted by molar-refractivity contribution is -0.144. The van der Waals surface area contributed by atoms with E-state index in [4.69, 9.17) is 4.74 Å². The zero-order valence-electron chi connectivity index (χ0n) is 39.0. The van der Waals surface area contributed by atoms with E-state index in [0.29, 0.717) is 28.6 Å². The Morgan fingerprint density at radius 1 is 0.853 bits per heavy atom. The van der Waals surface area contributed by atoms with Crippen LogP contribution in [0, 0.1) is 12.3 Å². The molecular weight excluding hydrogens is 891 g/mol. The molecule has 5 aromatic rings. The summed E-state index contributed by atoms with van der Waals surface area (Å²) in [5.41, 5.74) is 5.49. The van der Waals surface area contributed by atoms with Crippen LogP contribution in [0.1, 0.15) is 82.4 Å². The second kappa shape index (κ2) is 22.4. The molecule has 68 heavy (non-hydrogen) atoms. The first-order valence-corrected chi connectivity index (χ1v) is 22.8. The molecule has 6 amide bonds. The molecule has 19 nitrogen and oxygen atoms in total. The number of rotatable bonds is 18. The minimum absolute atomic E-state index is 0.00395. The Labute approximate surface area is 398 Å². The third-order valence-corrected chi connectivity index (χ3v) is 12.2. The summed E-state index contributed by atoms with van der Waals surface area (Å²) < 4.78 is 5.54. The molecule has 4 heterocycles. The lowest BCUT2D eigenvalue weighted by Gasteiger charge is -2.35. The number of nitrogens with one attached hydrogen (secondary N) is 7. The van der Waals surface area contributed by atoms with Gasteiger partial charge in [-0.3, -0.25) is 28.8 Å². The van der Waals surface area contributed by atoms with Crippen LogP contribution < -0.4 is 42.0 Å². The van der Waals surface area contributed by atoms with Gasteiger partial charge < -0.3 is 52.0 Å². The Morgan fingerprint density at radius 3 is 2.22 bits per heavy atom. The molecule has 3 aromatic heterocycles. The van der Waals surface area contributed by atoms with Crippen molar-refractivity contribution in [1.82, 2.24) is 46.4 Å². The average molecular weight is 948 g/mol. The highest BCUT2D eigenvalue weighted by Gasteiger charge is 2.44. The number of para-hydroxylation sites is 1. The van der Waals surface area contributed by atoms with Crippen LogP contribution in [-0.2, 0) is 20.9 Å². The first-order chi connectivity index (χ1) is 32.5. The van der Waals surface area contributed by atoms with E-state index in [1.54, 1.807) is 53.2 Å². The van der Waals surface area contributed by atoms with Gasteiger partial charge in [-0.05, 0) is 54.2 Å². The molecule has 8 N–H and O–H groups in total. The molecule has 0 spiro atoms. The predicted molar refractivity (Wildman–Crippen MR) is 258 cm³/mol. The zero-order chi connectivity index (χ0) is 49.1. The summed E-state index contributed by atoms with van der Waals surface area (Å²) in [6.45, 7) is 7.73. The number of β-amino-alcohol motifs (C(OH)–C–C–N with tert-alkyl or cyclic N) is 1. The van der Waals surface area contributed by atoms with E-state index in [2.05, 4.69) is 52.2 Å². The highest BCUT2D eigenvalue weighted by Crippen LogP contribution is 2.34. The van der Waals surface area contributed by atoms with Crippen molar-refractivity contribution < 1.29 is 38.6 Å². The largest absolute Gasteiger partial charge is 0.494 e. The average Bonchev–Trinajstić information content (AvgIpc) is 3.95. The molecule has 2 aromatic carbocycles. The van der Waals surface area contributed by atoms with E-state index < -0.39 is 53.1 Å². The predicted octanol–water partition coefficient (Wildman–Crippen LogP) is 4.44. The Morgan fingerprint density at radius 2 is 1.57 bits per heavy atom. The number of ether oxygens (including phenoxy) is 1. The summed E-state index contributed by atoms with van der Waals surface area (Å²) in [7, 11) is 4.44. The van der Waals surface area contributed by atoms with E-state index in [9.17, 15) is 33.9 Å². The molecule has 1 aliphatic heterocycles. The third-order valence-electron chi connectivity index (χ3n) is 11.2. The zero-order valence-corrected chi connectivity index (χ0v) is 39.8. The molecule has 1 saturated heterocycles. The number of hydrogen-bond donors (Lipinski definition) is 8. The fraction of sp³-hybridized carbons (Fsp3) is 0.354. The Hall–Kier alpha value is -7.45. The van der Waals surface area contributed by atoms with E-state index in [1.165, 1.54) is 38.5 Å². The van der Waals surface area contributed by atoms with Crippen LogP contribution in [0.3, 0.4) is 0 Å². The molecule has 6 rings (SSSR count). The van der Waals surface area contributed by atoms with Crippen LogP contribution in [0.15, 0.2) is 78.6 Å². The summed E-state index contributed by atoms with van der Waals surface area (Å²) in [4.78, 5) is 94.5. The summed E-state index contributed by atoms with van der Waals surface area (Å²) in [6, 6.07) is 15.6. The Bertz CT molecular complexity index is 2630. The van der Waals surface area contributed by atoms with Crippen molar-refractivity contribution in [3.63, 3.8) is 0 Å². The number of aromatic nitrogens is 3. The maximum absolute atomic E-state index is 14.0. The van der Waals surface area contributed by atoms with Crippen molar-refractivity contribution in [2.45, 2.75) is 71.7 Å². The second-order valence-electron chi connectivity index (χ2n) is 17.1. The summed E-state index contributed by atoms with van der Waals surface area (Å²) in [5, 5.41) is 30.5. The molecular formula is C48H57N11O8S. The first-order valence-electron chi connectivity index (χ1n) is 22.0. The molecule has 0 unspecified atom stereocenters. The van der Waals surface area contributed by atoms with Gasteiger partial charge in [-0.25, -0.2) is 15.0 Å². The quantitative estimate of drug-likeness (QED) is 0.0566. The lowest BCUT2D eigenvalue weighted by Crippen LogP contribution is -2.57. The van der Waals surface area contributed by atoms with E-state index in [1.807, 2.05) is 52.0 Å². The number of nitrogens with zero attached hydrogens (tertiary/aromatic N) is 4. The normalized spacial score (nSPS) is 14.9. The fourth-order valence-corrected chi connectivity index (χ4v) is 8.37. The number of likely N-dealkylation sites (tertiary alicyclic amines) is 1. The molecule has 0 bridgehead atoms. The van der Waals surface area contributed by atoms with Gasteiger partial charge in [0.05, 0.1) is 57.4 Å². The van der Waals surface area contributed by atoms with Gasteiger partial charge in [0.2, 0.25) is 17.7 Å². The Balaban J connectivity index is 0.996. The number of carbonyl (C=O) groups excluding carboxylic acids is 6. The summed E-state index contributed by atoms with van der Waals surface area (Å²) in [5.74, 6) is -1.50. The molecule has 358 valence electrons. The topological polar surface area (TPSA) is 258 Å². The minimum atomic E-state index is -0.992. The van der Waals surface area contributed by atoms with Crippen LogP contribution >= 0.6 is 11.3 Å². The minimum Gasteiger partial charge on any atom is -0.494 e. The summed E-state index contributed by atoms with van der Waals surface area (Å²) in [6.07, 6.45) is 2.20. The maximum atomic E-state index is 14.0. The molecule has 0 aliphatic carbocycles. The van der Waals surface area contributed by atoms with Crippen molar-refractivity contribution in [2.24, 2.45) is 5.41 Å². The SMILES string of the molecule is CNC(=O)c1cnc(Nc2ccc(C(=O)NCCCC(=O)N[C@H](C(=O)N3C[C@H](O)C[C@H]3C(=O)NCc3ccc(-c4scnc4C)cc3)C(C)(C)C)cn2)cc1Nc1cccc(C(=O)NC)c1OC. The van der Waals surface area contributed by atoms with Crippen LogP contribution in [0.25, 0.3) is 10.4 Å². The standard InChI is InChI=1S/C48H57N11O8S/c1-27-41(68-26-55-27)29-15-13-28(14-16-29)22-54-46(65)36-20-31(60)25-59(36)47(66)42(48(2,3)4)58-39(61)12-9-19-51-43(62)30-17-18-37(52-23-30)57-38-21-35(33(24-53-38)45(64)50-6)56-34-11-8-10-32(40(34)67-7)44(63)49-5/h8,10-11,13-18,21,23-24,26,31,36,42,60H,9,12,19-20,22,25H2,1-7H3,(H,49,63)(H,50,64)(H,51,62)(H,54,65)(H,58,61)(H2,52,53,56,57)/t31-,36+,42-/m1/s1. The van der Waals surface area contributed by atoms with Gasteiger partial charge in [-0.2, -0.15) is 0 Å². The number of hydrogen-bond acceptors (Lipinski definition) is 14. The van der Waals surface area contributed by atoms with Crippen LogP contribution in [0.5, 0.6) is 5.75 Å². The van der Waals surface area contributed by atoms with Gasteiger partial charge in [-0.1, -0.05) is 51.1 Å². The highest BCUT2D eigenvalue weighted by molar-refractivity contribution is 7.13. The fourth-order valence-electron chi connectivity index (χ4n) is 7.56. The molecule has 1 fully saturated rings. The molecule has 20 heteroatoms. The van der Waals surface area contributed by atoms with Crippen molar-refractivity contribution in [1.29, 1.82) is 0 Å². The molecule has 1 aliphatic rings. The molecule has 0 saturated carbocycles. The number of carbonyl (C=O) groups is 6. The van der Waals surface area contributed by atoms with Gasteiger partial charge in [0.1, 0.15) is 23.7 Å². The number of aliphatic hydroxyl groups is 1. The second-order valence-corrected chi connectivity index (χ2v) is 18.0. The van der Waals surface area contributed by atoms with Gasteiger partial charge in [0.15, 0.2) is 5.75 Å². The number of pyridine rings is 2. The monoisotopic (exact) mass is 947 g/mol. The van der Waals surface area contributed by atoms with Crippen molar-refractivity contribution in [3.8, 4) is 16.2 Å². The number of aryl methyl sites for hydroxylation is 1. The number of anilines is 4. The van der Waals surface area contributed by atoms with E-state index in [0.717, 1.165) is 21.7 Å². The smallest absolute Gasteiger partial charge is 0.254 e. The first kappa shape index (κ1) is 50.0. The van der Waals surface area contributed by atoms with Gasteiger partial charge in [-0.15, -0.1) is 11.3 Å². The van der Waals surface area contributed by atoms with Crippen LogP contribution in [0.2, 0.25) is 0 Å². The van der Waals surface area contributed by atoms with Crippen molar-refractivity contribution in [3.05, 3.63) is 107 Å². The number of thiazole rings is 1. The van der Waals surface area contributed by atoms with Crippen LogP contribution in [-0.4, -0.2) is 113 Å². The lowest BCUT2D eigenvalue weighted by atomic mass is 9.85. The van der Waals surface area contributed by atoms with Crippen molar-refractivity contribution >= 4 is 69.8 Å². The maximum Gasteiger partial charge on any atom is 0.254 e. The van der Waals surface area contributed by atoms with E-state index >= 15 is 0 Å². The Kier molecular flexibility index (Phi) is 16.4. The van der Waals surface area contributed by atoms with Gasteiger partial charge in [0.25, 0.3) is 17.7 Å². The molecule has 3 atom stereocenters. The van der Waals surface area contributed by atoms with Crippen molar-refractivity contribution in [2.75, 3.05) is 44.9 Å². The number of methoxy groups -OCH3 is 1. The van der Waals surface area contributed by atoms with E-state index in [-0.39, 0.29) is 61.7 Å².